The van der Waals surface area contributed by atoms with E-state index in [1.54, 1.807) is 12.1 Å². The lowest BCUT2D eigenvalue weighted by Gasteiger charge is -2.35. The van der Waals surface area contributed by atoms with E-state index in [0.29, 0.717) is 13.2 Å². The molecule has 0 bridgehead atoms. The number of aliphatic hydroxyl groups is 1. The van der Waals surface area contributed by atoms with Crippen LogP contribution in [0.2, 0.25) is 0 Å². The molecule has 1 N–H and O–H groups in total. The second-order valence-electron chi connectivity index (χ2n) is 4.39. The van der Waals surface area contributed by atoms with E-state index in [-0.39, 0.29) is 11.9 Å². The second-order valence-corrected chi connectivity index (χ2v) is 4.39. The van der Waals surface area contributed by atoms with E-state index in [1.807, 2.05) is 6.92 Å². The molecule has 1 fully saturated rings. The van der Waals surface area contributed by atoms with Gasteiger partial charge in [-0.2, -0.15) is 0 Å². The Kier molecular flexibility index (Phi) is 4.10. The number of nitrogens with zero attached hydrogens (tertiary/aromatic N) is 1. The summed E-state index contributed by atoms with van der Waals surface area (Å²) in [5, 5.41) is 10.2. The first-order valence-electron chi connectivity index (χ1n) is 5.94. The summed E-state index contributed by atoms with van der Waals surface area (Å²) in [5.41, 5.74) is 0.755. The van der Waals surface area contributed by atoms with Crippen molar-refractivity contribution in [1.29, 1.82) is 0 Å². The monoisotopic (exact) mass is 239 g/mol. The fourth-order valence-electron chi connectivity index (χ4n) is 2.12. The standard InChI is InChI=1S/C13H18FNO2/c1-10(15-6-8-17-9-7-15)13(16)11-2-4-12(14)5-3-11/h2-5,10,13,16H,6-9H2,1H3/t10-,13+/m0/s1. The summed E-state index contributed by atoms with van der Waals surface area (Å²) in [5.74, 6) is -0.278. The van der Waals surface area contributed by atoms with Gasteiger partial charge in [-0.3, -0.25) is 4.90 Å². The van der Waals surface area contributed by atoms with Gasteiger partial charge in [0.2, 0.25) is 0 Å². The van der Waals surface area contributed by atoms with Crippen molar-refractivity contribution in [1.82, 2.24) is 4.90 Å². The third kappa shape index (κ3) is 3.03. The van der Waals surface area contributed by atoms with E-state index in [9.17, 15) is 9.50 Å². The maximum atomic E-state index is 12.8. The molecule has 4 heteroatoms. The molecular weight excluding hydrogens is 221 g/mol. The van der Waals surface area contributed by atoms with E-state index in [2.05, 4.69) is 4.90 Å². The maximum Gasteiger partial charge on any atom is 0.123 e. The zero-order valence-corrected chi connectivity index (χ0v) is 9.97. The van der Waals surface area contributed by atoms with Gasteiger partial charge in [0.25, 0.3) is 0 Å². The molecule has 1 aromatic carbocycles. The Morgan fingerprint density at radius 1 is 1.24 bits per heavy atom. The summed E-state index contributed by atoms with van der Waals surface area (Å²) in [6, 6.07) is 6.05. The van der Waals surface area contributed by atoms with Gasteiger partial charge >= 0.3 is 0 Å². The molecule has 3 nitrogen and oxygen atoms in total. The van der Waals surface area contributed by atoms with Crippen LogP contribution in [0.1, 0.15) is 18.6 Å². The summed E-state index contributed by atoms with van der Waals surface area (Å²) in [7, 11) is 0. The highest BCUT2D eigenvalue weighted by molar-refractivity contribution is 5.19. The SMILES string of the molecule is C[C@@H]([C@@H](O)c1ccc(F)cc1)N1CCOCC1. The van der Waals surface area contributed by atoms with Crippen LogP contribution in [-0.4, -0.2) is 42.4 Å². The summed E-state index contributed by atoms with van der Waals surface area (Å²) in [6.45, 7) is 5.07. The molecule has 1 saturated heterocycles. The number of benzene rings is 1. The summed E-state index contributed by atoms with van der Waals surface area (Å²) >= 11 is 0. The topological polar surface area (TPSA) is 32.7 Å². The zero-order chi connectivity index (χ0) is 12.3. The number of hydrogen-bond acceptors (Lipinski definition) is 3. The normalized spacial score (nSPS) is 21.1. The molecular formula is C13H18FNO2. The van der Waals surface area contributed by atoms with Crippen LogP contribution >= 0.6 is 0 Å². The van der Waals surface area contributed by atoms with Crippen molar-refractivity contribution in [2.75, 3.05) is 26.3 Å². The van der Waals surface area contributed by atoms with Crippen molar-refractivity contribution in [3.8, 4) is 0 Å². The zero-order valence-electron chi connectivity index (χ0n) is 9.97. The molecule has 1 aliphatic heterocycles. The van der Waals surface area contributed by atoms with Gasteiger partial charge in [-0.25, -0.2) is 4.39 Å². The van der Waals surface area contributed by atoms with Crippen molar-refractivity contribution < 1.29 is 14.2 Å². The number of hydrogen-bond donors (Lipinski definition) is 1. The van der Waals surface area contributed by atoms with E-state index in [1.165, 1.54) is 12.1 Å². The molecule has 2 rings (SSSR count). The minimum absolute atomic E-state index is 0.0179. The van der Waals surface area contributed by atoms with Crippen LogP contribution in [0.5, 0.6) is 0 Å². The fourth-order valence-corrected chi connectivity index (χ4v) is 2.12. The van der Waals surface area contributed by atoms with Crippen LogP contribution in [0.25, 0.3) is 0 Å². The van der Waals surface area contributed by atoms with Crippen molar-refractivity contribution in [3.63, 3.8) is 0 Å². The van der Waals surface area contributed by atoms with Crippen molar-refractivity contribution in [2.45, 2.75) is 19.1 Å². The number of morpholine rings is 1. The lowest BCUT2D eigenvalue weighted by atomic mass is 10.0. The Balaban J connectivity index is 2.02. The molecule has 0 spiro atoms. The molecule has 1 aromatic rings. The predicted molar refractivity (Wildman–Crippen MR) is 63.2 cm³/mol. The quantitative estimate of drug-likeness (QED) is 0.869. The number of aliphatic hydroxyl groups excluding tert-OH is 1. The Morgan fingerprint density at radius 2 is 1.82 bits per heavy atom. The smallest absolute Gasteiger partial charge is 0.123 e. The van der Waals surface area contributed by atoms with Gasteiger partial charge in [-0.15, -0.1) is 0 Å². The van der Waals surface area contributed by atoms with Gasteiger partial charge in [-0.1, -0.05) is 12.1 Å². The van der Waals surface area contributed by atoms with Crippen LogP contribution in [0, 0.1) is 5.82 Å². The Hall–Kier alpha value is -0.970. The van der Waals surface area contributed by atoms with Crippen molar-refractivity contribution in [3.05, 3.63) is 35.6 Å². The molecule has 1 aliphatic rings. The van der Waals surface area contributed by atoms with E-state index < -0.39 is 6.10 Å². The second kappa shape index (κ2) is 5.58. The molecule has 0 aliphatic carbocycles. The third-order valence-electron chi connectivity index (χ3n) is 3.29. The lowest BCUT2D eigenvalue weighted by Crippen LogP contribution is -2.44. The summed E-state index contributed by atoms with van der Waals surface area (Å²) in [4.78, 5) is 2.19. The average Bonchev–Trinajstić information content (AvgIpc) is 2.39. The number of halogens is 1. The van der Waals surface area contributed by atoms with Crippen LogP contribution < -0.4 is 0 Å². The molecule has 0 saturated carbocycles. The Labute approximate surface area is 101 Å². The average molecular weight is 239 g/mol. The molecule has 0 unspecified atom stereocenters. The minimum atomic E-state index is -0.589. The van der Waals surface area contributed by atoms with E-state index in [4.69, 9.17) is 4.74 Å². The Morgan fingerprint density at radius 3 is 2.41 bits per heavy atom. The predicted octanol–water partition coefficient (Wildman–Crippen LogP) is 1.58. The maximum absolute atomic E-state index is 12.8. The Bertz CT molecular complexity index is 349. The summed E-state index contributed by atoms with van der Waals surface area (Å²) < 4.78 is 18.1. The number of ether oxygens (including phenoxy) is 1. The molecule has 2 atom stereocenters. The first kappa shape index (κ1) is 12.5. The van der Waals surface area contributed by atoms with Crippen molar-refractivity contribution >= 4 is 0 Å². The van der Waals surface area contributed by atoms with Crippen LogP contribution in [-0.2, 0) is 4.74 Å². The molecule has 0 aromatic heterocycles. The van der Waals surface area contributed by atoms with Crippen molar-refractivity contribution in [2.24, 2.45) is 0 Å². The van der Waals surface area contributed by atoms with E-state index >= 15 is 0 Å². The highest BCUT2D eigenvalue weighted by Crippen LogP contribution is 2.21. The summed E-state index contributed by atoms with van der Waals surface area (Å²) in [6.07, 6.45) is -0.589. The van der Waals surface area contributed by atoms with Gasteiger partial charge in [-0.05, 0) is 24.6 Å². The number of rotatable bonds is 3. The van der Waals surface area contributed by atoms with Gasteiger partial charge in [0, 0.05) is 19.1 Å². The van der Waals surface area contributed by atoms with E-state index in [0.717, 1.165) is 18.7 Å². The molecule has 0 amide bonds. The first-order valence-corrected chi connectivity index (χ1v) is 5.94. The van der Waals surface area contributed by atoms with Crippen LogP contribution in [0.4, 0.5) is 4.39 Å². The van der Waals surface area contributed by atoms with Gasteiger partial charge in [0.1, 0.15) is 5.82 Å². The van der Waals surface area contributed by atoms with Gasteiger partial charge in [0.05, 0.1) is 19.3 Å². The van der Waals surface area contributed by atoms with Gasteiger partial charge in [0.15, 0.2) is 0 Å². The highest BCUT2D eigenvalue weighted by atomic mass is 19.1. The molecule has 1 heterocycles. The molecule has 94 valence electrons. The first-order chi connectivity index (χ1) is 8.18. The lowest BCUT2D eigenvalue weighted by molar-refractivity contribution is -0.0166. The van der Waals surface area contributed by atoms with Crippen LogP contribution in [0.3, 0.4) is 0 Å². The third-order valence-corrected chi connectivity index (χ3v) is 3.29. The fraction of sp³-hybridized carbons (Fsp3) is 0.538. The molecule has 0 radical (unpaired) electrons. The highest BCUT2D eigenvalue weighted by Gasteiger charge is 2.24. The minimum Gasteiger partial charge on any atom is -0.387 e. The van der Waals surface area contributed by atoms with Gasteiger partial charge < -0.3 is 9.84 Å². The molecule has 17 heavy (non-hydrogen) atoms. The van der Waals surface area contributed by atoms with Crippen LogP contribution in [0.15, 0.2) is 24.3 Å². The largest absolute Gasteiger partial charge is 0.387 e.